The molecule has 0 aliphatic carbocycles. The summed E-state index contributed by atoms with van der Waals surface area (Å²) in [6, 6.07) is 16.3. The molecule has 2 aromatic carbocycles. The SMILES string of the molecule is CS(=O)(=O)N1CCCCC1C(=O)Nc1cccc(C#Cc2ccccc2)c1. The average molecular weight is 382 g/mol. The van der Waals surface area contributed by atoms with E-state index in [1.807, 2.05) is 42.5 Å². The first-order chi connectivity index (χ1) is 12.9. The molecule has 0 saturated carbocycles. The third-order valence-electron chi connectivity index (χ3n) is 4.44. The molecule has 0 radical (unpaired) electrons. The standard InChI is InChI=1S/C21H22N2O3S/c1-27(25,26)23-15-6-5-12-20(23)21(24)22-19-11-7-10-18(16-19)14-13-17-8-3-2-4-9-17/h2-4,7-11,16,20H,5-6,12,15H2,1H3,(H,22,24). The molecule has 1 aliphatic heterocycles. The third-order valence-corrected chi connectivity index (χ3v) is 5.73. The smallest absolute Gasteiger partial charge is 0.242 e. The summed E-state index contributed by atoms with van der Waals surface area (Å²) in [4.78, 5) is 12.7. The van der Waals surface area contributed by atoms with E-state index in [0.717, 1.165) is 30.2 Å². The van der Waals surface area contributed by atoms with Gasteiger partial charge in [-0.1, -0.05) is 42.5 Å². The molecule has 1 atom stereocenters. The number of nitrogens with one attached hydrogen (secondary N) is 1. The zero-order valence-electron chi connectivity index (χ0n) is 15.2. The number of hydrogen-bond acceptors (Lipinski definition) is 3. The Labute approximate surface area is 160 Å². The van der Waals surface area contributed by atoms with Gasteiger partial charge in [-0.3, -0.25) is 4.79 Å². The van der Waals surface area contributed by atoms with E-state index in [4.69, 9.17) is 0 Å². The van der Waals surface area contributed by atoms with Crippen LogP contribution in [-0.2, 0) is 14.8 Å². The van der Waals surface area contributed by atoms with Crippen LogP contribution in [-0.4, -0.2) is 37.5 Å². The lowest BCUT2D eigenvalue weighted by atomic mass is 10.0. The van der Waals surface area contributed by atoms with Gasteiger partial charge in [0, 0.05) is 23.4 Å². The van der Waals surface area contributed by atoms with Crippen LogP contribution in [0.3, 0.4) is 0 Å². The fourth-order valence-corrected chi connectivity index (χ4v) is 4.25. The molecule has 140 valence electrons. The number of nitrogens with zero attached hydrogens (tertiary/aromatic N) is 1. The maximum atomic E-state index is 12.7. The Morgan fingerprint density at radius 3 is 2.48 bits per heavy atom. The van der Waals surface area contributed by atoms with E-state index in [9.17, 15) is 13.2 Å². The molecule has 1 N–H and O–H groups in total. The maximum absolute atomic E-state index is 12.7. The zero-order chi connectivity index (χ0) is 19.3. The molecule has 1 fully saturated rings. The molecule has 1 amide bonds. The summed E-state index contributed by atoms with van der Waals surface area (Å²) in [5, 5.41) is 2.84. The Hall–Kier alpha value is -2.62. The first-order valence-electron chi connectivity index (χ1n) is 8.88. The number of hydrogen-bond donors (Lipinski definition) is 1. The highest BCUT2D eigenvalue weighted by atomic mass is 32.2. The van der Waals surface area contributed by atoms with Gasteiger partial charge in [0.1, 0.15) is 6.04 Å². The van der Waals surface area contributed by atoms with Gasteiger partial charge in [-0.05, 0) is 43.2 Å². The van der Waals surface area contributed by atoms with Gasteiger partial charge in [-0.15, -0.1) is 0 Å². The molecule has 0 spiro atoms. The predicted molar refractivity (Wildman–Crippen MR) is 107 cm³/mol. The summed E-state index contributed by atoms with van der Waals surface area (Å²) in [6.45, 7) is 0.388. The Kier molecular flexibility index (Phi) is 5.94. The van der Waals surface area contributed by atoms with E-state index in [0.29, 0.717) is 18.7 Å². The first kappa shape index (κ1) is 19.2. The van der Waals surface area contributed by atoms with Crippen LogP contribution in [0.4, 0.5) is 5.69 Å². The van der Waals surface area contributed by atoms with E-state index in [-0.39, 0.29) is 5.91 Å². The van der Waals surface area contributed by atoms with Crippen molar-refractivity contribution >= 4 is 21.6 Å². The quantitative estimate of drug-likeness (QED) is 0.830. The first-order valence-corrected chi connectivity index (χ1v) is 10.7. The van der Waals surface area contributed by atoms with Gasteiger partial charge in [0.15, 0.2) is 0 Å². The molecule has 27 heavy (non-hydrogen) atoms. The Bertz CT molecular complexity index is 975. The third kappa shape index (κ3) is 5.19. The van der Waals surface area contributed by atoms with Crippen LogP contribution in [0.2, 0.25) is 0 Å². The molecule has 5 nitrogen and oxygen atoms in total. The molecule has 1 saturated heterocycles. The van der Waals surface area contributed by atoms with Gasteiger partial charge in [0.25, 0.3) is 0 Å². The van der Waals surface area contributed by atoms with Gasteiger partial charge in [0.05, 0.1) is 6.26 Å². The monoisotopic (exact) mass is 382 g/mol. The molecular formula is C21H22N2O3S. The minimum atomic E-state index is -3.41. The minimum absolute atomic E-state index is 0.298. The lowest BCUT2D eigenvalue weighted by molar-refractivity contribution is -0.120. The van der Waals surface area contributed by atoms with Crippen molar-refractivity contribution in [3.63, 3.8) is 0 Å². The fourth-order valence-electron chi connectivity index (χ4n) is 3.13. The molecule has 0 bridgehead atoms. The normalized spacial score (nSPS) is 17.6. The van der Waals surface area contributed by atoms with E-state index < -0.39 is 16.1 Å². The molecule has 0 aromatic heterocycles. The number of carbonyl (C=O) groups excluding carboxylic acids is 1. The number of carbonyl (C=O) groups is 1. The Balaban J connectivity index is 1.74. The topological polar surface area (TPSA) is 66.5 Å². The van der Waals surface area contributed by atoms with Crippen LogP contribution in [0.5, 0.6) is 0 Å². The van der Waals surface area contributed by atoms with Crippen LogP contribution in [0.25, 0.3) is 0 Å². The Morgan fingerprint density at radius 2 is 1.74 bits per heavy atom. The number of anilines is 1. The molecule has 3 rings (SSSR count). The number of amides is 1. The van der Waals surface area contributed by atoms with Crippen LogP contribution < -0.4 is 5.32 Å². The van der Waals surface area contributed by atoms with Crippen molar-refractivity contribution in [1.82, 2.24) is 4.31 Å². The molecular weight excluding hydrogens is 360 g/mol. The maximum Gasteiger partial charge on any atom is 0.242 e. The van der Waals surface area contributed by atoms with Gasteiger partial charge < -0.3 is 5.32 Å². The summed E-state index contributed by atoms with van der Waals surface area (Å²) in [6.07, 6.45) is 3.30. The van der Waals surface area contributed by atoms with E-state index in [1.165, 1.54) is 4.31 Å². The minimum Gasteiger partial charge on any atom is -0.325 e. The number of benzene rings is 2. The van der Waals surface area contributed by atoms with Crippen molar-refractivity contribution in [3.05, 3.63) is 65.7 Å². The second-order valence-electron chi connectivity index (χ2n) is 6.57. The highest BCUT2D eigenvalue weighted by Gasteiger charge is 2.34. The van der Waals surface area contributed by atoms with E-state index in [2.05, 4.69) is 17.2 Å². The average Bonchev–Trinajstić information content (AvgIpc) is 2.67. The molecule has 6 heteroatoms. The van der Waals surface area contributed by atoms with Crippen molar-refractivity contribution in [3.8, 4) is 11.8 Å². The van der Waals surface area contributed by atoms with Crippen LogP contribution in [0.15, 0.2) is 54.6 Å². The van der Waals surface area contributed by atoms with Crippen LogP contribution in [0, 0.1) is 11.8 Å². The summed E-state index contributed by atoms with van der Waals surface area (Å²) < 4.78 is 25.2. The largest absolute Gasteiger partial charge is 0.325 e. The second-order valence-corrected chi connectivity index (χ2v) is 8.51. The highest BCUT2D eigenvalue weighted by Crippen LogP contribution is 2.21. The molecule has 1 heterocycles. The van der Waals surface area contributed by atoms with E-state index in [1.54, 1.807) is 12.1 Å². The van der Waals surface area contributed by atoms with Crippen molar-refractivity contribution < 1.29 is 13.2 Å². The van der Waals surface area contributed by atoms with Gasteiger partial charge in [-0.2, -0.15) is 4.31 Å². The molecule has 1 aliphatic rings. The molecule has 2 aromatic rings. The number of sulfonamides is 1. The summed E-state index contributed by atoms with van der Waals surface area (Å²) in [7, 11) is -3.41. The number of piperidine rings is 1. The van der Waals surface area contributed by atoms with Crippen molar-refractivity contribution in [2.75, 3.05) is 18.1 Å². The predicted octanol–water partition coefficient (Wildman–Crippen LogP) is 2.84. The van der Waals surface area contributed by atoms with Crippen molar-refractivity contribution in [2.24, 2.45) is 0 Å². The molecule has 1 unspecified atom stereocenters. The number of rotatable bonds is 3. The lowest BCUT2D eigenvalue weighted by Crippen LogP contribution is -2.49. The summed E-state index contributed by atoms with van der Waals surface area (Å²) in [5.74, 6) is 5.86. The van der Waals surface area contributed by atoms with Gasteiger partial charge in [-0.25, -0.2) is 8.42 Å². The Morgan fingerprint density at radius 1 is 1.04 bits per heavy atom. The van der Waals surface area contributed by atoms with Crippen molar-refractivity contribution in [1.29, 1.82) is 0 Å². The second kappa shape index (κ2) is 8.38. The van der Waals surface area contributed by atoms with Crippen molar-refractivity contribution in [2.45, 2.75) is 25.3 Å². The van der Waals surface area contributed by atoms with Gasteiger partial charge in [0.2, 0.25) is 15.9 Å². The van der Waals surface area contributed by atoms with Gasteiger partial charge >= 0.3 is 0 Å². The fraction of sp³-hybridized carbons (Fsp3) is 0.286. The van der Waals surface area contributed by atoms with E-state index >= 15 is 0 Å². The lowest BCUT2D eigenvalue weighted by Gasteiger charge is -2.32. The van der Waals surface area contributed by atoms with Crippen LogP contribution >= 0.6 is 0 Å². The summed E-state index contributed by atoms with van der Waals surface area (Å²) in [5.41, 5.74) is 2.30. The van der Waals surface area contributed by atoms with Crippen LogP contribution in [0.1, 0.15) is 30.4 Å². The highest BCUT2D eigenvalue weighted by molar-refractivity contribution is 7.88. The summed E-state index contributed by atoms with van der Waals surface area (Å²) >= 11 is 0. The zero-order valence-corrected chi connectivity index (χ0v) is 16.0.